The predicted octanol–water partition coefficient (Wildman–Crippen LogP) is 2.88. The first-order valence-electron chi connectivity index (χ1n) is 5.81. The van der Waals surface area contributed by atoms with Crippen LogP contribution in [-0.4, -0.2) is 25.8 Å². The molecule has 19 heavy (non-hydrogen) atoms. The fourth-order valence-corrected chi connectivity index (χ4v) is 2.89. The number of sulfonamides is 1. The van der Waals surface area contributed by atoms with Crippen LogP contribution in [0.25, 0.3) is 6.08 Å². The summed E-state index contributed by atoms with van der Waals surface area (Å²) in [5, 5.41) is 10.1. The minimum Gasteiger partial charge on any atom is -0.208 e. The molecule has 0 heterocycles. The second-order valence-electron chi connectivity index (χ2n) is 3.77. The van der Waals surface area contributed by atoms with Crippen LogP contribution in [0.4, 0.5) is 0 Å². The molecule has 0 amide bonds. The Morgan fingerprint density at radius 2 is 2.11 bits per heavy atom. The molecule has 1 aromatic carbocycles. The van der Waals surface area contributed by atoms with Gasteiger partial charge in [-0.15, -0.1) is 0 Å². The summed E-state index contributed by atoms with van der Waals surface area (Å²) in [6.45, 7) is 2.26. The van der Waals surface area contributed by atoms with E-state index in [2.05, 4.69) is 0 Å². The van der Waals surface area contributed by atoms with Gasteiger partial charge in [-0.2, -0.15) is 9.57 Å². The summed E-state index contributed by atoms with van der Waals surface area (Å²) in [5.41, 5.74) is 0.643. The first-order chi connectivity index (χ1) is 9.01. The monoisotopic (exact) mass is 298 g/mol. The number of rotatable bonds is 6. The Kier molecular flexibility index (Phi) is 6.03. The minimum absolute atomic E-state index is 0.174. The van der Waals surface area contributed by atoms with Crippen LogP contribution in [0.1, 0.15) is 18.9 Å². The van der Waals surface area contributed by atoms with Crippen molar-refractivity contribution >= 4 is 27.7 Å². The van der Waals surface area contributed by atoms with Crippen molar-refractivity contribution in [2.75, 3.05) is 13.1 Å². The first kappa shape index (κ1) is 15.7. The van der Waals surface area contributed by atoms with E-state index in [4.69, 9.17) is 16.9 Å². The highest BCUT2D eigenvalue weighted by atomic mass is 35.5. The summed E-state index contributed by atoms with van der Waals surface area (Å²) >= 11 is 5.95. The molecule has 0 saturated heterocycles. The maximum atomic E-state index is 12.0. The Morgan fingerprint density at radius 3 is 2.68 bits per heavy atom. The van der Waals surface area contributed by atoms with Crippen LogP contribution in [0.2, 0.25) is 5.02 Å². The van der Waals surface area contributed by atoms with Crippen LogP contribution in [0.15, 0.2) is 29.7 Å². The standard InChI is InChI=1S/C13H15ClN2O2S/c1-2-16(10-5-9-15)19(17,18)11-8-12-6-3-4-7-13(12)14/h3-4,6-8,11H,2,5,10H2,1H3. The molecule has 0 aliphatic rings. The van der Waals surface area contributed by atoms with Crippen LogP contribution in [0.3, 0.4) is 0 Å². The lowest BCUT2D eigenvalue weighted by Gasteiger charge is -2.16. The highest BCUT2D eigenvalue weighted by Gasteiger charge is 2.16. The van der Waals surface area contributed by atoms with Gasteiger partial charge in [-0.3, -0.25) is 0 Å². The van der Waals surface area contributed by atoms with Crippen molar-refractivity contribution in [2.45, 2.75) is 13.3 Å². The van der Waals surface area contributed by atoms with Gasteiger partial charge in [0, 0.05) is 29.9 Å². The number of hydrogen-bond donors (Lipinski definition) is 0. The van der Waals surface area contributed by atoms with Gasteiger partial charge in [0.05, 0.1) is 6.07 Å². The number of benzene rings is 1. The maximum Gasteiger partial charge on any atom is 0.236 e. The van der Waals surface area contributed by atoms with Crippen molar-refractivity contribution in [3.05, 3.63) is 40.3 Å². The summed E-state index contributed by atoms with van der Waals surface area (Å²) in [6, 6.07) is 8.93. The van der Waals surface area contributed by atoms with Crippen molar-refractivity contribution in [1.82, 2.24) is 4.31 Å². The van der Waals surface area contributed by atoms with Gasteiger partial charge < -0.3 is 0 Å². The fourth-order valence-electron chi connectivity index (χ4n) is 1.50. The summed E-state index contributed by atoms with van der Waals surface area (Å²) in [7, 11) is -3.52. The number of nitrogens with zero attached hydrogens (tertiary/aromatic N) is 2. The largest absolute Gasteiger partial charge is 0.236 e. The molecule has 0 saturated carbocycles. The van der Waals surface area contributed by atoms with E-state index in [9.17, 15) is 8.42 Å². The van der Waals surface area contributed by atoms with E-state index in [0.29, 0.717) is 17.1 Å². The molecule has 0 aliphatic carbocycles. The van der Waals surface area contributed by atoms with Crippen molar-refractivity contribution in [3.63, 3.8) is 0 Å². The molecule has 0 radical (unpaired) electrons. The van der Waals surface area contributed by atoms with Gasteiger partial charge >= 0.3 is 0 Å². The molecule has 0 aromatic heterocycles. The Hall–Kier alpha value is -1.35. The Labute approximate surface area is 119 Å². The molecule has 0 unspecified atom stereocenters. The van der Waals surface area contributed by atoms with Crippen molar-refractivity contribution in [3.8, 4) is 6.07 Å². The van der Waals surface area contributed by atoms with Gasteiger partial charge in [0.25, 0.3) is 0 Å². The molecule has 0 spiro atoms. The van der Waals surface area contributed by atoms with Crippen LogP contribution in [-0.2, 0) is 10.0 Å². The molecule has 0 aliphatic heterocycles. The maximum absolute atomic E-state index is 12.0. The zero-order valence-electron chi connectivity index (χ0n) is 10.6. The highest BCUT2D eigenvalue weighted by Crippen LogP contribution is 2.17. The predicted molar refractivity (Wildman–Crippen MR) is 76.9 cm³/mol. The van der Waals surface area contributed by atoms with E-state index in [0.717, 1.165) is 5.41 Å². The zero-order chi connectivity index (χ0) is 14.3. The van der Waals surface area contributed by atoms with Gasteiger partial charge in [0.1, 0.15) is 0 Å². The SMILES string of the molecule is CCN(CCC#N)S(=O)(=O)C=Cc1ccccc1Cl. The third-order valence-corrected chi connectivity index (χ3v) is 4.50. The van der Waals surface area contributed by atoms with E-state index >= 15 is 0 Å². The van der Waals surface area contributed by atoms with Crippen LogP contribution >= 0.6 is 11.6 Å². The zero-order valence-corrected chi connectivity index (χ0v) is 12.2. The lowest BCUT2D eigenvalue weighted by Crippen LogP contribution is -2.29. The molecule has 0 bridgehead atoms. The topological polar surface area (TPSA) is 61.2 Å². The third kappa shape index (κ3) is 4.67. The lowest BCUT2D eigenvalue weighted by molar-refractivity contribution is 0.442. The smallest absolute Gasteiger partial charge is 0.208 e. The van der Waals surface area contributed by atoms with Crippen molar-refractivity contribution < 1.29 is 8.42 Å². The van der Waals surface area contributed by atoms with Gasteiger partial charge in [-0.1, -0.05) is 36.7 Å². The lowest BCUT2D eigenvalue weighted by atomic mass is 10.2. The molecule has 4 nitrogen and oxygen atoms in total. The Balaban J connectivity index is 2.90. The average Bonchev–Trinajstić information content (AvgIpc) is 2.38. The van der Waals surface area contributed by atoms with E-state index in [1.54, 1.807) is 31.2 Å². The first-order valence-corrected chi connectivity index (χ1v) is 7.69. The van der Waals surface area contributed by atoms with Crippen LogP contribution < -0.4 is 0 Å². The van der Waals surface area contributed by atoms with E-state index in [-0.39, 0.29) is 13.0 Å². The van der Waals surface area contributed by atoms with Crippen LogP contribution in [0.5, 0.6) is 0 Å². The summed E-state index contributed by atoms with van der Waals surface area (Å²) in [4.78, 5) is 0. The molecule has 0 atom stereocenters. The Morgan fingerprint density at radius 1 is 1.42 bits per heavy atom. The van der Waals surface area contributed by atoms with Crippen molar-refractivity contribution in [1.29, 1.82) is 5.26 Å². The quantitative estimate of drug-likeness (QED) is 0.811. The second-order valence-corrected chi connectivity index (χ2v) is 5.99. The second kappa shape index (κ2) is 7.29. The number of halogens is 1. The molecule has 1 rings (SSSR count). The molecule has 102 valence electrons. The summed E-state index contributed by atoms with van der Waals surface area (Å²) < 4.78 is 25.3. The van der Waals surface area contributed by atoms with E-state index in [1.165, 1.54) is 10.4 Å². The highest BCUT2D eigenvalue weighted by molar-refractivity contribution is 7.92. The molecule has 6 heteroatoms. The fraction of sp³-hybridized carbons (Fsp3) is 0.308. The minimum atomic E-state index is -3.52. The van der Waals surface area contributed by atoms with E-state index in [1.807, 2.05) is 6.07 Å². The van der Waals surface area contributed by atoms with Gasteiger partial charge in [-0.25, -0.2) is 8.42 Å². The van der Waals surface area contributed by atoms with Gasteiger partial charge in [-0.05, 0) is 17.7 Å². The number of hydrogen-bond acceptors (Lipinski definition) is 3. The number of nitriles is 1. The van der Waals surface area contributed by atoms with E-state index < -0.39 is 10.0 Å². The molecular formula is C13H15ClN2O2S. The molecular weight excluding hydrogens is 284 g/mol. The molecule has 0 fully saturated rings. The van der Waals surface area contributed by atoms with Crippen molar-refractivity contribution in [2.24, 2.45) is 0 Å². The molecule has 1 aromatic rings. The van der Waals surface area contributed by atoms with Crippen LogP contribution in [0, 0.1) is 11.3 Å². The van der Waals surface area contributed by atoms with Gasteiger partial charge in [0.15, 0.2) is 0 Å². The van der Waals surface area contributed by atoms with Gasteiger partial charge in [0.2, 0.25) is 10.0 Å². The Bertz CT molecular complexity index is 591. The summed E-state index contributed by atoms with van der Waals surface area (Å²) in [5.74, 6) is 0. The normalized spacial score (nSPS) is 11.9. The third-order valence-electron chi connectivity index (χ3n) is 2.51. The molecule has 0 N–H and O–H groups in total. The average molecular weight is 299 g/mol. The summed E-state index contributed by atoms with van der Waals surface area (Å²) in [6.07, 6.45) is 1.64.